The van der Waals surface area contributed by atoms with E-state index >= 15 is 0 Å². The third kappa shape index (κ3) is 8.02. The summed E-state index contributed by atoms with van der Waals surface area (Å²) in [7, 11) is -0.228. The topological polar surface area (TPSA) is 27.7 Å². The van der Waals surface area contributed by atoms with E-state index in [0.717, 1.165) is 75.6 Å². The number of ether oxygens (including phenoxy) is 3. The molecular weight excluding hydrogens is 440 g/mol. The molecule has 182 valence electrons. The van der Waals surface area contributed by atoms with Crippen molar-refractivity contribution in [3.8, 4) is 17.2 Å². The van der Waals surface area contributed by atoms with Crippen molar-refractivity contribution in [3.63, 3.8) is 0 Å². The first-order valence-corrected chi connectivity index (χ1v) is 13.9. The predicted octanol–water partition coefficient (Wildman–Crippen LogP) is 8.32. The van der Waals surface area contributed by atoms with Crippen molar-refractivity contribution in [2.75, 3.05) is 19.8 Å². The summed E-state index contributed by atoms with van der Waals surface area (Å²) in [5, 5.41) is 0. The zero-order chi connectivity index (χ0) is 24.0. The molecule has 0 aliphatic rings. The van der Waals surface area contributed by atoms with Crippen LogP contribution in [-0.2, 0) is 10.9 Å². The van der Waals surface area contributed by atoms with Gasteiger partial charge >= 0.3 is 0 Å². The normalized spacial score (nSPS) is 10.9. The molecule has 0 saturated carbocycles. The number of benzene rings is 3. The van der Waals surface area contributed by atoms with Crippen molar-refractivity contribution >= 4 is 10.9 Å². The van der Waals surface area contributed by atoms with Gasteiger partial charge in [0.15, 0.2) is 14.7 Å². The monoisotopic (exact) mass is 479 g/mol. The number of hydrogen-bond acceptors (Lipinski definition) is 3. The first-order valence-electron chi connectivity index (χ1n) is 12.7. The first-order chi connectivity index (χ1) is 16.7. The molecule has 0 aliphatic heterocycles. The maximum absolute atomic E-state index is 5.89. The molecule has 0 atom stereocenters. The van der Waals surface area contributed by atoms with Crippen LogP contribution in [0.25, 0.3) is 0 Å². The Morgan fingerprint density at radius 2 is 0.706 bits per heavy atom. The van der Waals surface area contributed by atoms with Crippen LogP contribution in [0.5, 0.6) is 17.2 Å². The van der Waals surface area contributed by atoms with Gasteiger partial charge in [-0.1, -0.05) is 40.0 Å². The van der Waals surface area contributed by atoms with E-state index < -0.39 is 0 Å². The fraction of sp³-hybridized carbons (Fsp3) is 0.400. The zero-order valence-corrected chi connectivity index (χ0v) is 21.7. The highest BCUT2D eigenvalue weighted by Gasteiger charge is 2.29. The van der Waals surface area contributed by atoms with Gasteiger partial charge in [-0.2, -0.15) is 0 Å². The van der Waals surface area contributed by atoms with Crippen LogP contribution in [0.2, 0.25) is 0 Å². The quantitative estimate of drug-likeness (QED) is 0.162. The second-order valence-electron chi connectivity index (χ2n) is 8.33. The second-order valence-corrected chi connectivity index (χ2v) is 10.4. The molecule has 3 nitrogen and oxygen atoms in total. The maximum Gasteiger partial charge on any atom is 0.166 e. The molecule has 0 spiro atoms. The Balaban J connectivity index is 1.83. The molecule has 0 amide bonds. The van der Waals surface area contributed by atoms with Crippen molar-refractivity contribution < 1.29 is 14.2 Å². The van der Waals surface area contributed by atoms with Gasteiger partial charge in [0.05, 0.1) is 30.7 Å². The number of rotatable bonds is 15. The molecular formula is C30H39O3S+. The maximum atomic E-state index is 5.89. The molecule has 3 rings (SSSR count). The van der Waals surface area contributed by atoms with Crippen LogP contribution in [0.4, 0.5) is 0 Å². The molecule has 0 saturated heterocycles. The molecule has 34 heavy (non-hydrogen) atoms. The average molecular weight is 480 g/mol. The lowest BCUT2D eigenvalue weighted by molar-refractivity contribution is 0.309. The van der Waals surface area contributed by atoms with Gasteiger partial charge in [0.25, 0.3) is 0 Å². The van der Waals surface area contributed by atoms with E-state index in [9.17, 15) is 0 Å². The lowest BCUT2D eigenvalue weighted by Crippen LogP contribution is -2.06. The lowest BCUT2D eigenvalue weighted by atomic mass is 10.3. The summed E-state index contributed by atoms with van der Waals surface area (Å²) in [6, 6.07) is 25.7. The highest BCUT2D eigenvalue weighted by molar-refractivity contribution is 7.97. The smallest absolute Gasteiger partial charge is 0.166 e. The van der Waals surface area contributed by atoms with E-state index in [-0.39, 0.29) is 10.9 Å². The van der Waals surface area contributed by atoms with Crippen molar-refractivity contribution in [1.82, 2.24) is 0 Å². The molecule has 4 heteroatoms. The zero-order valence-electron chi connectivity index (χ0n) is 20.9. The minimum Gasteiger partial charge on any atom is -0.494 e. The van der Waals surface area contributed by atoms with E-state index in [1.807, 2.05) is 0 Å². The van der Waals surface area contributed by atoms with Crippen molar-refractivity contribution in [3.05, 3.63) is 72.8 Å². The van der Waals surface area contributed by atoms with Gasteiger partial charge < -0.3 is 14.2 Å². The summed E-state index contributed by atoms with van der Waals surface area (Å²) in [6.07, 6.45) is 6.63. The molecule has 3 aromatic carbocycles. The van der Waals surface area contributed by atoms with Crippen LogP contribution >= 0.6 is 0 Å². The van der Waals surface area contributed by atoms with Crippen LogP contribution in [0, 0.1) is 0 Å². The van der Waals surface area contributed by atoms with Crippen LogP contribution in [0.1, 0.15) is 59.3 Å². The molecule has 0 radical (unpaired) electrons. The largest absolute Gasteiger partial charge is 0.494 e. The molecule has 3 aromatic rings. The standard InChI is InChI=1S/C30H39O3S/c1-4-7-22-31-25-10-16-28(17-11-25)34(29-18-12-26(13-19-29)32-23-8-5-2)30-20-14-27(15-21-30)33-24-9-6-3/h10-21H,4-9,22-24H2,1-3H3/q+1. The fourth-order valence-electron chi connectivity index (χ4n) is 3.43. The second kappa shape index (κ2) is 14.6. The predicted molar refractivity (Wildman–Crippen MR) is 143 cm³/mol. The summed E-state index contributed by atoms with van der Waals surface area (Å²) in [6.45, 7) is 8.83. The van der Waals surface area contributed by atoms with Gasteiger partial charge in [0.2, 0.25) is 0 Å². The average Bonchev–Trinajstić information content (AvgIpc) is 2.87. The highest BCUT2D eigenvalue weighted by Crippen LogP contribution is 2.34. The van der Waals surface area contributed by atoms with Gasteiger partial charge in [0, 0.05) is 0 Å². The number of unbranched alkanes of at least 4 members (excludes halogenated alkanes) is 3. The number of hydrogen-bond donors (Lipinski definition) is 0. The Hall–Kier alpha value is -2.59. The molecule has 0 bridgehead atoms. The first kappa shape index (κ1) is 26.0. The summed E-state index contributed by atoms with van der Waals surface area (Å²) in [5.41, 5.74) is 0. The van der Waals surface area contributed by atoms with E-state index in [4.69, 9.17) is 14.2 Å². The summed E-state index contributed by atoms with van der Waals surface area (Å²) in [5.74, 6) is 2.79. The molecule has 0 aromatic heterocycles. The van der Waals surface area contributed by atoms with E-state index in [1.165, 1.54) is 14.7 Å². The summed E-state index contributed by atoms with van der Waals surface area (Å²) < 4.78 is 17.7. The third-order valence-electron chi connectivity index (χ3n) is 5.48. The molecule has 0 aliphatic carbocycles. The minimum absolute atomic E-state index is 0.228. The molecule has 0 unspecified atom stereocenters. The van der Waals surface area contributed by atoms with Gasteiger partial charge in [-0.15, -0.1) is 0 Å². The van der Waals surface area contributed by atoms with E-state index in [2.05, 4.69) is 93.6 Å². The Morgan fingerprint density at radius 1 is 0.441 bits per heavy atom. The van der Waals surface area contributed by atoms with Gasteiger partial charge in [-0.25, -0.2) is 0 Å². The third-order valence-corrected chi connectivity index (χ3v) is 7.71. The Bertz CT molecular complexity index is 809. The van der Waals surface area contributed by atoms with E-state index in [0.29, 0.717) is 0 Å². The van der Waals surface area contributed by atoms with E-state index in [1.54, 1.807) is 0 Å². The highest BCUT2D eigenvalue weighted by atomic mass is 32.2. The summed E-state index contributed by atoms with van der Waals surface area (Å²) >= 11 is 0. The Kier molecular flexibility index (Phi) is 11.2. The van der Waals surface area contributed by atoms with Gasteiger partial charge in [-0.05, 0) is 92.1 Å². The fourth-order valence-corrected chi connectivity index (χ4v) is 5.47. The minimum atomic E-state index is -0.228. The molecule has 0 heterocycles. The SMILES string of the molecule is CCCCOc1ccc([S+](c2ccc(OCCCC)cc2)c2ccc(OCCCC)cc2)cc1. The Labute approximate surface area is 208 Å². The lowest BCUT2D eigenvalue weighted by Gasteiger charge is -2.11. The van der Waals surface area contributed by atoms with Crippen LogP contribution in [0.15, 0.2) is 87.5 Å². The molecule has 0 N–H and O–H groups in total. The van der Waals surface area contributed by atoms with Crippen LogP contribution in [-0.4, -0.2) is 19.8 Å². The Morgan fingerprint density at radius 3 is 0.941 bits per heavy atom. The molecule has 0 fully saturated rings. The van der Waals surface area contributed by atoms with Crippen molar-refractivity contribution in [2.24, 2.45) is 0 Å². The van der Waals surface area contributed by atoms with Gasteiger partial charge in [0.1, 0.15) is 17.2 Å². The van der Waals surface area contributed by atoms with Crippen molar-refractivity contribution in [2.45, 2.75) is 74.0 Å². The van der Waals surface area contributed by atoms with Crippen LogP contribution < -0.4 is 14.2 Å². The van der Waals surface area contributed by atoms with Crippen molar-refractivity contribution in [1.29, 1.82) is 0 Å². The van der Waals surface area contributed by atoms with Crippen LogP contribution in [0.3, 0.4) is 0 Å². The van der Waals surface area contributed by atoms with Gasteiger partial charge in [-0.3, -0.25) is 0 Å². The summed E-state index contributed by atoms with van der Waals surface area (Å²) in [4.78, 5) is 3.80.